The molecule has 2 heterocycles. The molecule has 0 bridgehead atoms. The van der Waals surface area contributed by atoms with E-state index in [4.69, 9.17) is 4.74 Å². The Morgan fingerprint density at radius 3 is 2.88 bits per heavy atom. The number of fused-ring (bicyclic) bond motifs is 1. The summed E-state index contributed by atoms with van der Waals surface area (Å²) >= 11 is 0. The number of benzene rings is 1. The topological polar surface area (TPSA) is 88.1 Å². The molecule has 1 aromatic carbocycles. The first-order valence-corrected chi connectivity index (χ1v) is 9.10. The molecular formula is C16H17N3O4S. The molecule has 126 valence electrons. The third-order valence-corrected chi connectivity index (χ3v) is 4.65. The Kier molecular flexibility index (Phi) is 4.66. The average Bonchev–Trinajstić information content (AvgIpc) is 2.58. The fourth-order valence-corrected chi connectivity index (χ4v) is 3.32. The Labute approximate surface area is 140 Å². The Hall–Kier alpha value is -2.61. The van der Waals surface area contributed by atoms with Crippen molar-refractivity contribution in [1.29, 1.82) is 0 Å². The number of allylic oxidation sites excluding steroid dienone is 2. The van der Waals surface area contributed by atoms with Gasteiger partial charge in [-0.3, -0.25) is 4.79 Å². The second-order valence-corrected chi connectivity index (χ2v) is 6.99. The van der Waals surface area contributed by atoms with Crippen LogP contribution in [-0.2, 0) is 14.8 Å². The van der Waals surface area contributed by atoms with Gasteiger partial charge in [0.05, 0.1) is 17.9 Å². The number of hydrogen-bond acceptors (Lipinski definition) is 5. The summed E-state index contributed by atoms with van der Waals surface area (Å²) in [5, 5.41) is 2.71. The molecule has 1 N–H and O–H groups in total. The highest BCUT2D eigenvalue weighted by atomic mass is 32.2. The molecule has 24 heavy (non-hydrogen) atoms. The number of rotatable bonds is 5. The highest BCUT2D eigenvalue weighted by Crippen LogP contribution is 2.17. The highest BCUT2D eigenvalue weighted by molar-refractivity contribution is 7.90. The maximum absolute atomic E-state index is 12.3. The van der Waals surface area contributed by atoms with Gasteiger partial charge in [0.15, 0.2) is 5.84 Å². The number of carbonyl (C=O) groups excluding carboxylic acids is 1. The van der Waals surface area contributed by atoms with Crippen LogP contribution in [0.25, 0.3) is 0 Å². The van der Waals surface area contributed by atoms with Gasteiger partial charge >= 0.3 is 0 Å². The van der Waals surface area contributed by atoms with Gasteiger partial charge in [-0.05, 0) is 24.3 Å². The Morgan fingerprint density at radius 1 is 1.29 bits per heavy atom. The number of ether oxygens (including phenoxy) is 1. The minimum absolute atomic E-state index is 0.0549. The summed E-state index contributed by atoms with van der Waals surface area (Å²) in [5.74, 6) is 0.461. The SMILES string of the molecule is O=C(NCCOc1ccccc1)C1=CC=CN2CCS(=O)(=O)N=C12. The van der Waals surface area contributed by atoms with Gasteiger partial charge in [-0.15, -0.1) is 4.40 Å². The van der Waals surface area contributed by atoms with Crippen molar-refractivity contribution in [1.82, 2.24) is 10.2 Å². The summed E-state index contributed by atoms with van der Waals surface area (Å²) in [6, 6.07) is 9.28. The summed E-state index contributed by atoms with van der Waals surface area (Å²) in [4.78, 5) is 14.0. The Morgan fingerprint density at radius 2 is 2.08 bits per heavy atom. The van der Waals surface area contributed by atoms with E-state index in [1.807, 2.05) is 30.3 Å². The number of sulfonamides is 1. The van der Waals surface area contributed by atoms with E-state index in [0.29, 0.717) is 19.7 Å². The first-order chi connectivity index (χ1) is 11.6. The lowest BCUT2D eigenvalue weighted by molar-refractivity contribution is -0.117. The minimum Gasteiger partial charge on any atom is -0.492 e. The molecule has 0 saturated carbocycles. The van der Waals surface area contributed by atoms with E-state index in [2.05, 4.69) is 9.71 Å². The van der Waals surface area contributed by atoms with E-state index in [9.17, 15) is 13.2 Å². The summed E-state index contributed by atoms with van der Waals surface area (Å²) in [7, 11) is -3.51. The number of nitrogens with zero attached hydrogens (tertiary/aromatic N) is 2. The predicted molar refractivity (Wildman–Crippen MR) is 90.1 cm³/mol. The van der Waals surface area contributed by atoms with Crippen LogP contribution in [0.15, 0.2) is 58.7 Å². The second kappa shape index (κ2) is 6.88. The zero-order valence-electron chi connectivity index (χ0n) is 12.9. The molecule has 1 amide bonds. The largest absolute Gasteiger partial charge is 0.492 e. The van der Waals surface area contributed by atoms with Crippen molar-refractivity contribution in [2.45, 2.75) is 0 Å². The standard InChI is InChI=1S/C16H17N3O4S/c20-16(17-8-11-23-13-5-2-1-3-6-13)14-7-4-9-19-10-12-24(21,22)18-15(14)19/h1-7,9H,8,10-12H2,(H,17,20). The summed E-state index contributed by atoms with van der Waals surface area (Å²) in [6.07, 6.45) is 4.97. The fraction of sp³-hybridized carbons (Fsp3) is 0.250. The van der Waals surface area contributed by atoms with E-state index in [0.717, 1.165) is 5.75 Å². The smallest absolute Gasteiger partial charge is 0.256 e. The van der Waals surface area contributed by atoms with Crippen LogP contribution in [-0.4, -0.2) is 50.5 Å². The van der Waals surface area contributed by atoms with E-state index in [-0.39, 0.29) is 23.1 Å². The molecule has 0 radical (unpaired) electrons. The van der Waals surface area contributed by atoms with Crippen molar-refractivity contribution in [3.63, 3.8) is 0 Å². The first kappa shape index (κ1) is 16.3. The molecular weight excluding hydrogens is 330 g/mol. The average molecular weight is 347 g/mol. The first-order valence-electron chi connectivity index (χ1n) is 7.49. The van der Waals surface area contributed by atoms with Gasteiger partial charge in [-0.25, -0.2) is 8.42 Å². The lowest BCUT2D eigenvalue weighted by Gasteiger charge is -2.28. The molecule has 0 aromatic heterocycles. The summed E-state index contributed by atoms with van der Waals surface area (Å²) in [6.45, 7) is 0.904. The molecule has 0 aliphatic carbocycles. The van der Waals surface area contributed by atoms with Gasteiger partial charge < -0.3 is 15.0 Å². The quantitative estimate of drug-likeness (QED) is 0.792. The van der Waals surface area contributed by atoms with E-state index >= 15 is 0 Å². The van der Waals surface area contributed by atoms with Crippen LogP contribution in [0.1, 0.15) is 0 Å². The maximum Gasteiger partial charge on any atom is 0.256 e. The summed E-state index contributed by atoms with van der Waals surface area (Å²) < 4.78 is 32.6. The van der Waals surface area contributed by atoms with Crippen LogP contribution in [0, 0.1) is 0 Å². The number of hydrogen-bond donors (Lipinski definition) is 1. The lowest BCUT2D eigenvalue weighted by Crippen LogP contribution is -2.42. The molecule has 2 aliphatic heterocycles. The van der Waals surface area contributed by atoms with Crippen molar-refractivity contribution in [2.75, 3.05) is 25.4 Å². The molecule has 8 heteroatoms. The normalized spacial score (nSPS) is 18.2. The molecule has 1 aromatic rings. The van der Waals surface area contributed by atoms with Gasteiger partial charge in [0.25, 0.3) is 15.9 Å². The minimum atomic E-state index is -3.51. The maximum atomic E-state index is 12.3. The van der Waals surface area contributed by atoms with Gasteiger partial charge in [-0.2, -0.15) is 0 Å². The van der Waals surface area contributed by atoms with E-state index < -0.39 is 10.0 Å². The van der Waals surface area contributed by atoms with Crippen LogP contribution in [0.2, 0.25) is 0 Å². The molecule has 0 unspecified atom stereocenters. The fourth-order valence-electron chi connectivity index (χ4n) is 2.34. The lowest BCUT2D eigenvalue weighted by atomic mass is 10.1. The molecule has 0 saturated heterocycles. The van der Waals surface area contributed by atoms with Gasteiger partial charge in [-0.1, -0.05) is 18.2 Å². The molecule has 2 aliphatic rings. The van der Waals surface area contributed by atoms with Gasteiger partial charge in [0.1, 0.15) is 12.4 Å². The zero-order chi connectivity index (χ0) is 17.0. The third-order valence-electron chi connectivity index (χ3n) is 3.50. The van der Waals surface area contributed by atoms with Crippen LogP contribution < -0.4 is 10.1 Å². The number of para-hydroxylation sites is 1. The van der Waals surface area contributed by atoms with Crippen LogP contribution in [0.4, 0.5) is 0 Å². The van der Waals surface area contributed by atoms with Crippen LogP contribution in [0.3, 0.4) is 0 Å². The van der Waals surface area contributed by atoms with Crippen molar-refractivity contribution < 1.29 is 17.9 Å². The van der Waals surface area contributed by atoms with Crippen molar-refractivity contribution >= 4 is 21.8 Å². The van der Waals surface area contributed by atoms with Crippen molar-refractivity contribution in [2.24, 2.45) is 4.40 Å². The van der Waals surface area contributed by atoms with E-state index in [1.165, 1.54) is 0 Å². The Balaban J connectivity index is 1.59. The van der Waals surface area contributed by atoms with Crippen LogP contribution in [0.5, 0.6) is 5.75 Å². The number of amides is 1. The summed E-state index contributed by atoms with van der Waals surface area (Å²) in [5.41, 5.74) is 0.237. The number of nitrogens with one attached hydrogen (secondary N) is 1. The van der Waals surface area contributed by atoms with Gasteiger partial charge in [0, 0.05) is 12.7 Å². The second-order valence-electron chi connectivity index (χ2n) is 5.23. The predicted octanol–water partition coefficient (Wildman–Crippen LogP) is 0.679. The van der Waals surface area contributed by atoms with Crippen molar-refractivity contribution in [3.05, 3.63) is 54.3 Å². The van der Waals surface area contributed by atoms with E-state index in [1.54, 1.807) is 23.3 Å². The van der Waals surface area contributed by atoms with Gasteiger partial charge in [0.2, 0.25) is 0 Å². The third kappa shape index (κ3) is 3.83. The highest BCUT2D eigenvalue weighted by Gasteiger charge is 2.29. The molecule has 7 nitrogen and oxygen atoms in total. The molecule has 0 fully saturated rings. The molecule has 3 rings (SSSR count). The monoisotopic (exact) mass is 347 g/mol. The van der Waals surface area contributed by atoms with Crippen LogP contribution >= 0.6 is 0 Å². The molecule has 0 atom stereocenters. The molecule has 0 spiro atoms. The zero-order valence-corrected chi connectivity index (χ0v) is 13.7. The van der Waals surface area contributed by atoms with Crippen molar-refractivity contribution in [3.8, 4) is 5.75 Å². The number of carbonyl (C=O) groups is 1. The Bertz CT molecular complexity index is 813. The number of amidine groups is 1.